The molecule has 0 bridgehead atoms. The third kappa shape index (κ3) is 4.60. The zero-order valence-corrected chi connectivity index (χ0v) is 12.5. The van der Waals surface area contributed by atoms with Crippen molar-refractivity contribution in [2.75, 3.05) is 13.7 Å². The van der Waals surface area contributed by atoms with E-state index >= 15 is 0 Å². The van der Waals surface area contributed by atoms with Gasteiger partial charge in [0.2, 0.25) is 10.0 Å². The van der Waals surface area contributed by atoms with Gasteiger partial charge < -0.3 is 9.84 Å². The molecule has 0 saturated heterocycles. The maximum Gasteiger partial charge on any atom is 0.422 e. The standard InChI is InChI=1S/C12H14F3NO5S/c1-8(11(17)18)16(2)22(19,20)10-5-3-9(4-6-10)21-7-12(13,14)15/h3-6,8H,7H2,1-2H3,(H,17,18). The van der Waals surface area contributed by atoms with Crippen LogP contribution in [0, 0.1) is 0 Å². The Labute approximate surface area is 125 Å². The molecule has 0 aromatic heterocycles. The first-order valence-electron chi connectivity index (χ1n) is 5.95. The average Bonchev–Trinajstić information content (AvgIpc) is 2.43. The van der Waals surface area contributed by atoms with Gasteiger partial charge in [-0.3, -0.25) is 4.79 Å². The van der Waals surface area contributed by atoms with Gasteiger partial charge in [-0.15, -0.1) is 0 Å². The van der Waals surface area contributed by atoms with Crippen molar-refractivity contribution in [1.29, 1.82) is 0 Å². The predicted molar refractivity (Wildman–Crippen MR) is 70.0 cm³/mol. The monoisotopic (exact) mass is 341 g/mol. The van der Waals surface area contributed by atoms with Crippen LogP contribution in [0.4, 0.5) is 13.2 Å². The number of halogens is 3. The van der Waals surface area contributed by atoms with Crippen LogP contribution in [0.1, 0.15) is 6.92 Å². The Morgan fingerprint density at radius 2 is 1.82 bits per heavy atom. The lowest BCUT2D eigenvalue weighted by Gasteiger charge is -2.21. The fraction of sp³-hybridized carbons (Fsp3) is 0.417. The van der Waals surface area contributed by atoms with Crippen molar-refractivity contribution in [3.63, 3.8) is 0 Å². The Balaban J connectivity index is 2.92. The van der Waals surface area contributed by atoms with Crippen LogP contribution >= 0.6 is 0 Å². The predicted octanol–water partition coefficient (Wildman–Crippen LogP) is 1.72. The number of benzene rings is 1. The molecule has 0 radical (unpaired) electrons. The second kappa shape index (κ2) is 6.53. The highest BCUT2D eigenvalue weighted by Crippen LogP contribution is 2.22. The van der Waals surface area contributed by atoms with Gasteiger partial charge >= 0.3 is 12.1 Å². The first kappa shape index (κ1) is 18.2. The summed E-state index contributed by atoms with van der Waals surface area (Å²) in [7, 11) is -2.97. The minimum atomic E-state index is -4.50. The van der Waals surface area contributed by atoms with Gasteiger partial charge in [-0.2, -0.15) is 17.5 Å². The lowest BCUT2D eigenvalue weighted by atomic mass is 10.3. The fourth-order valence-electron chi connectivity index (χ4n) is 1.40. The van der Waals surface area contributed by atoms with Gasteiger partial charge in [0.1, 0.15) is 11.8 Å². The summed E-state index contributed by atoms with van der Waals surface area (Å²) in [6.45, 7) is -0.296. The third-order valence-electron chi connectivity index (χ3n) is 2.81. The molecule has 1 atom stereocenters. The largest absolute Gasteiger partial charge is 0.484 e. The number of hydrogen-bond donors (Lipinski definition) is 1. The number of sulfonamides is 1. The molecule has 10 heteroatoms. The van der Waals surface area contributed by atoms with E-state index in [0.717, 1.165) is 31.3 Å². The van der Waals surface area contributed by atoms with Gasteiger partial charge in [0.05, 0.1) is 4.90 Å². The van der Waals surface area contributed by atoms with Gasteiger partial charge in [-0.1, -0.05) is 0 Å². The molecule has 0 saturated carbocycles. The van der Waals surface area contributed by atoms with E-state index in [2.05, 4.69) is 4.74 Å². The lowest BCUT2D eigenvalue weighted by molar-refractivity contribution is -0.153. The molecule has 1 unspecified atom stereocenters. The molecule has 124 valence electrons. The molecule has 0 aliphatic heterocycles. The van der Waals surface area contributed by atoms with Gasteiger partial charge in [0.25, 0.3) is 0 Å². The van der Waals surface area contributed by atoms with Crippen molar-refractivity contribution in [3.05, 3.63) is 24.3 Å². The Kier molecular flexibility index (Phi) is 5.41. The van der Waals surface area contributed by atoms with E-state index in [4.69, 9.17) is 5.11 Å². The van der Waals surface area contributed by atoms with E-state index in [-0.39, 0.29) is 10.6 Å². The molecular weight excluding hydrogens is 327 g/mol. The number of carbonyl (C=O) groups is 1. The molecule has 1 aromatic rings. The molecule has 0 aliphatic rings. The van der Waals surface area contributed by atoms with E-state index in [1.807, 2.05) is 0 Å². The highest BCUT2D eigenvalue weighted by Gasteiger charge is 2.30. The van der Waals surface area contributed by atoms with Crippen molar-refractivity contribution in [2.45, 2.75) is 24.0 Å². The summed E-state index contributed by atoms with van der Waals surface area (Å²) in [4.78, 5) is 10.6. The first-order chi connectivity index (χ1) is 9.95. The minimum Gasteiger partial charge on any atom is -0.484 e. The highest BCUT2D eigenvalue weighted by molar-refractivity contribution is 7.89. The van der Waals surface area contributed by atoms with Crippen LogP contribution in [0.5, 0.6) is 5.75 Å². The molecule has 0 heterocycles. The van der Waals surface area contributed by atoms with E-state index < -0.39 is 34.8 Å². The number of aliphatic carboxylic acids is 1. The van der Waals surface area contributed by atoms with Crippen LogP contribution in [0.2, 0.25) is 0 Å². The summed E-state index contributed by atoms with van der Waals surface area (Å²) in [5.41, 5.74) is 0. The molecule has 1 rings (SSSR count). The Bertz CT molecular complexity index is 627. The van der Waals surface area contributed by atoms with Crippen molar-refractivity contribution in [1.82, 2.24) is 4.31 Å². The summed E-state index contributed by atoms with van der Waals surface area (Å²) in [5, 5.41) is 8.82. The third-order valence-corrected chi connectivity index (χ3v) is 4.75. The maximum atomic E-state index is 12.1. The molecule has 1 aromatic carbocycles. The summed E-state index contributed by atoms with van der Waals surface area (Å²) in [6.07, 6.45) is -4.50. The molecule has 1 N–H and O–H groups in total. The lowest BCUT2D eigenvalue weighted by Crippen LogP contribution is -2.40. The minimum absolute atomic E-state index is 0.148. The zero-order chi connectivity index (χ0) is 17.1. The van der Waals surface area contributed by atoms with Crippen LogP contribution in [0.15, 0.2) is 29.2 Å². The number of ether oxygens (including phenoxy) is 1. The van der Waals surface area contributed by atoms with Gasteiger partial charge in [0.15, 0.2) is 6.61 Å². The number of rotatable bonds is 6. The van der Waals surface area contributed by atoms with Crippen molar-refractivity contribution in [3.8, 4) is 5.75 Å². The number of hydrogen-bond acceptors (Lipinski definition) is 4. The molecule has 0 amide bonds. The summed E-state index contributed by atoms with van der Waals surface area (Å²) >= 11 is 0. The second-order valence-electron chi connectivity index (χ2n) is 4.41. The molecule has 0 aliphatic carbocycles. The average molecular weight is 341 g/mol. The second-order valence-corrected chi connectivity index (χ2v) is 6.41. The Morgan fingerprint density at radius 1 is 1.32 bits per heavy atom. The van der Waals surface area contributed by atoms with Crippen LogP contribution in [-0.4, -0.2) is 49.7 Å². The van der Waals surface area contributed by atoms with Crippen molar-refractivity contribution >= 4 is 16.0 Å². The quantitative estimate of drug-likeness (QED) is 0.852. The normalized spacial score (nSPS) is 13.9. The van der Waals surface area contributed by atoms with E-state index in [0.29, 0.717) is 4.31 Å². The highest BCUT2D eigenvalue weighted by atomic mass is 32.2. The maximum absolute atomic E-state index is 12.1. The summed E-state index contributed by atoms with van der Waals surface area (Å²) in [5.74, 6) is -1.47. The van der Waals surface area contributed by atoms with Gasteiger partial charge in [-0.25, -0.2) is 8.42 Å². The van der Waals surface area contributed by atoms with Crippen LogP contribution in [0.3, 0.4) is 0 Å². The SMILES string of the molecule is CC(C(=O)O)N(C)S(=O)(=O)c1ccc(OCC(F)(F)F)cc1. The number of carboxylic acids is 1. The summed E-state index contributed by atoms with van der Waals surface area (Å²) in [6, 6.07) is 2.94. The smallest absolute Gasteiger partial charge is 0.422 e. The van der Waals surface area contributed by atoms with E-state index in [9.17, 15) is 26.4 Å². The first-order valence-corrected chi connectivity index (χ1v) is 7.39. The van der Waals surface area contributed by atoms with Crippen LogP contribution in [0.25, 0.3) is 0 Å². The topological polar surface area (TPSA) is 83.9 Å². The van der Waals surface area contributed by atoms with Gasteiger partial charge in [0, 0.05) is 7.05 Å². The van der Waals surface area contributed by atoms with Crippen molar-refractivity contribution < 1.29 is 36.2 Å². The van der Waals surface area contributed by atoms with E-state index in [1.165, 1.54) is 6.92 Å². The number of likely N-dealkylation sites (N-methyl/N-ethyl adjacent to an activating group) is 1. The number of nitrogens with zero attached hydrogens (tertiary/aromatic N) is 1. The number of carboxylic acid groups (broad SMARTS) is 1. The molecule has 6 nitrogen and oxygen atoms in total. The van der Waals surface area contributed by atoms with Crippen molar-refractivity contribution in [2.24, 2.45) is 0 Å². The Morgan fingerprint density at radius 3 is 2.23 bits per heavy atom. The molecule has 22 heavy (non-hydrogen) atoms. The number of alkyl halides is 3. The molecule has 0 spiro atoms. The van der Waals surface area contributed by atoms with Gasteiger partial charge in [-0.05, 0) is 31.2 Å². The zero-order valence-electron chi connectivity index (χ0n) is 11.7. The molecular formula is C12H14F3NO5S. The summed E-state index contributed by atoms with van der Waals surface area (Å²) < 4.78 is 65.4. The van der Waals surface area contributed by atoms with Crippen LogP contribution in [-0.2, 0) is 14.8 Å². The van der Waals surface area contributed by atoms with E-state index in [1.54, 1.807) is 0 Å². The van der Waals surface area contributed by atoms with Crippen LogP contribution < -0.4 is 4.74 Å². The molecule has 0 fully saturated rings. The fourth-order valence-corrected chi connectivity index (χ4v) is 2.72. The Hall–Kier alpha value is -1.81.